The highest BCUT2D eigenvalue weighted by Gasteiger charge is 2.21. The Hall–Kier alpha value is -0.840. The first kappa shape index (κ1) is 11.2. The summed E-state index contributed by atoms with van der Waals surface area (Å²) in [5.41, 5.74) is 0. The average Bonchev–Trinajstić information content (AvgIpc) is 2.16. The Labute approximate surface area is 82.9 Å². The summed E-state index contributed by atoms with van der Waals surface area (Å²) in [6.07, 6.45) is 2.58. The zero-order valence-electron chi connectivity index (χ0n) is 8.13. The van der Waals surface area contributed by atoms with Crippen LogP contribution in [0.3, 0.4) is 0 Å². The molecule has 0 aliphatic heterocycles. The first-order valence-electron chi connectivity index (χ1n) is 5.01. The second-order valence-corrected chi connectivity index (χ2v) is 3.64. The van der Waals surface area contributed by atoms with Crippen LogP contribution < -0.4 is 10.6 Å². The molecule has 1 aliphatic rings. The van der Waals surface area contributed by atoms with Crippen LogP contribution in [-0.2, 0) is 0 Å². The van der Waals surface area contributed by atoms with Crippen LogP contribution in [-0.4, -0.2) is 36.5 Å². The lowest BCUT2D eigenvalue weighted by atomic mass is 9.91. The number of hydrogen-bond donors (Lipinski definition) is 3. The molecule has 3 N–H and O–H groups in total. The summed E-state index contributed by atoms with van der Waals surface area (Å²) in [4.78, 5) is 10.3. The Morgan fingerprint density at radius 1 is 1.29 bits per heavy atom. The van der Waals surface area contributed by atoms with Crippen molar-refractivity contribution < 1.29 is 14.3 Å². The summed E-state index contributed by atoms with van der Waals surface area (Å²) in [6.45, 7) is 0.0645. The second-order valence-electron chi connectivity index (χ2n) is 3.64. The van der Waals surface area contributed by atoms with Crippen molar-refractivity contribution >= 4 is 6.09 Å². The molecule has 1 rings (SSSR count). The summed E-state index contributed by atoms with van der Waals surface area (Å²) in [5.74, 6) is 0. The van der Waals surface area contributed by atoms with Gasteiger partial charge in [0.05, 0.1) is 0 Å². The van der Waals surface area contributed by atoms with E-state index in [0.717, 1.165) is 25.7 Å². The standard InChI is InChI=1S/C9H17FN2O2/c10-5-6-11-7-1-3-8(4-2-7)12-9(13)14/h7-8,11-12H,1-6H2,(H,13,14)/t7-,8-. The molecule has 0 bridgehead atoms. The molecule has 14 heavy (non-hydrogen) atoms. The van der Waals surface area contributed by atoms with E-state index in [-0.39, 0.29) is 12.7 Å². The third-order valence-corrected chi connectivity index (χ3v) is 2.58. The molecule has 0 aromatic carbocycles. The number of halogens is 1. The lowest BCUT2D eigenvalue weighted by molar-refractivity contribution is 0.183. The molecule has 0 radical (unpaired) electrons. The molecule has 1 fully saturated rings. The predicted octanol–water partition coefficient (Wildman–Crippen LogP) is 1.12. The van der Waals surface area contributed by atoms with Crippen molar-refractivity contribution in [2.75, 3.05) is 13.2 Å². The maximum Gasteiger partial charge on any atom is 0.404 e. The van der Waals surface area contributed by atoms with Crippen LogP contribution in [0, 0.1) is 0 Å². The summed E-state index contributed by atoms with van der Waals surface area (Å²) in [7, 11) is 0. The highest BCUT2D eigenvalue weighted by molar-refractivity contribution is 5.64. The van der Waals surface area contributed by atoms with Gasteiger partial charge in [-0.05, 0) is 25.7 Å². The minimum absolute atomic E-state index is 0.0796. The first-order valence-corrected chi connectivity index (χ1v) is 5.01. The van der Waals surface area contributed by atoms with Crippen molar-refractivity contribution in [1.29, 1.82) is 0 Å². The number of carboxylic acid groups (broad SMARTS) is 1. The lowest BCUT2D eigenvalue weighted by Crippen LogP contribution is -2.42. The van der Waals surface area contributed by atoms with E-state index in [4.69, 9.17) is 5.11 Å². The van der Waals surface area contributed by atoms with Crippen molar-refractivity contribution in [3.05, 3.63) is 0 Å². The van der Waals surface area contributed by atoms with E-state index < -0.39 is 6.09 Å². The molecule has 1 amide bonds. The van der Waals surface area contributed by atoms with E-state index in [1.807, 2.05) is 0 Å². The van der Waals surface area contributed by atoms with Crippen LogP contribution in [0.4, 0.5) is 9.18 Å². The van der Waals surface area contributed by atoms with Gasteiger partial charge in [-0.15, -0.1) is 0 Å². The maximum atomic E-state index is 11.8. The zero-order valence-corrected chi connectivity index (χ0v) is 8.13. The van der Waals surface area contributed by atoms with Crippen molar-refractivity contribution in [3.8, 4) is 0 Å². The van der Waals surface area contributed by atoms with E-state index in [1.54, 1.807) is 0 Å². The fourth-order valence-corrected chi connectivity index (χ4v) is 1.88. The Bertz CT molecular complexity index is 182. The molecule has 0 saturated heterocycles. The van der Waals surface area contributed by atoms with Gasteiger partial charge in [0.2, 0.25) is 0 Å². The Morgan fingerprint density at radius 2 is 1.86 bits per heavy atom. The molecule has 1 saturated carbocycles. The van der Waals surface area contributed by atoms with Crippen molar-refractivity contribution in [2.45, 2.75) is 37.8 Å². The van der Waals surface area contributed by atoms with Crippen molar-refractivity contribution in [2.24, 2.45) is 0 Å². The van der Waals surface area contributed by atoms with Crippen LogP contribution in [0.2, 0.25) is 0 Å². The molecule has 0 aromatic heterocycles. The normalized spacial score (nSPS) is 27.2. The van der Waals surface area contributed by atoms with Gasteiger partial charge >= 0.3 is 6.09 Å². The number of rotatable bonds is 4. The predicted molar refractivity (Wildman–Crippen MR) is 51.2 cm³/mol. The monoisotopic (exact) mass is 204 g/mol. The van der Waals surface area contributed by atoms with E-state index >= 15 is 0 Å². The van der Waals surface area contributed by atoms with Gasteiger partial charge in [-0.25, -0.2) is 9.18 Å². The van der Waals surface area contributed by atoms with E-state index in [0.29, 0.717) is 12.6 Å². The van der Waals surface area contributed by atoms with E-state index in [1.165, 1.54) is 0 Å². The van der Waals surface area contributed by atoms with Gasteiger partial charge in [-0.1, -0.05) is 0 Å². The van der Waals surface area contributed by atoms with Gasteiger partial charge < -0.3 is 15.7 Å². The van der Waals surface area contributed by atoms with Gasteiger partial charge in [0.15, 0.2) is 0 Å². The quantitative estimate of drug-likeness (QED) is 0.643. The topological polar surface area (TPSA) is 61.4 Å². The highest BCUT2D eigenvalue weighted by Crippen LogP contribution is 2.18. The van der Waals surface area contributed by atoms with Gasteiger partial charge in [0, 0.05) is 18.6 Å². The smallest absolute Gasteiger partial charge is 0.404 e. The summed E-state index contributed by atoms with van der Waals surface area (Å²) in [5, 5.41) is 14.1. The summed E-state index contributed by atoms with van der Waals surface area (Å²) < 4.78 is 11.8. The molecule has 82 valence electrons. The molecule has 5 heteroatoms. The first-order chi connectivity index (χ1) is 6.72. The van der Waals surface area contributed by atoms with Crippen LogP contribution in [0.25, 0.3) is 0 Å². The number of carbonyl (C=O) groups is 1. The third-order valence-electron chi connectivity index (χ3n) is 2.58. The molecular weight excluding hydrogens is 187 g/mol. The molecule has 1 aliphatic carbocycles. The van der Waals surface area contributed by atoms with Gasteiger partial charge in [0.1, 0.15) is 6.67 Å². The van der Waals surface area contributed by atoms with Gasteiger partial charge in [0.25, 0.3) is 0 Å². The lowest BCUT2D eigenvalue weighted by Gasteiger charge is -2.28. The van der Waals surface area contributed by atoms with E-state index in [9.17, 15) is 9.18 Å². The Kier molecular flexibility index (Phi) is 4.65. The molecule has 0 atom stereocenters. The third kappa shape index (κ3) is 3.91. The largest absolute Gasteiger partial charge is 0.465 e. The van der Waals surface area contributed by atoms with E-state index in [2.05, 4.69) is 10.6 Å². The molecule has 4 nitrogen and oxygen atoms in total. The second kappa shape index (κ2) is 5.80. The minimum Gasteiger partial charge on any atom is -0.465 e. The summed E-state index contributed by atoms with van der Waals surface area (Å²) >= 11 is 0. The Morgan fingerprint density at radius 3 is 2.36 bits per heavy atom. The minimum atomic E-state index is -0.954. The number of alkyl halides is 1. The fourth-order valence-electron chi connectivity index (χ4n) is 1.88. The maximum absolute atomic E-state index is 11.8. The molecule has 0 heterocycles. The molecule has 0 spiro atoms. The number of nitrogens with one attached hydrogen (secondary N) is 2. The van der Waals surface area contributed by atoms with Crippen LogP contribution in [0.5, 0.6) is 0 Å². The number of hydrogen-bond acceptors (Lipinski definition) is 2. The Balaban J connectivity index is 2.14. The average molecular weight is 204 g/mol. The van der Waals surface area contributed by atoms with Crippen LogP contribution in [0.1, 0.15) is 25.7 Å². The van der Waals surface area contributed by atoms with Gasteiger partial charge in [-0.2, -0.15) is 0 Å². The molecular formula is C9H17FN2O2. The fraction of sp³-hybridized carbons (Fsp3) is 0.889. The van der Waals surface area contributed by atoms with Crippen LogP contribution in [0.15, 0.2) is 0 Å². The van der Waals surface area contributed by atoms with Crippen molar-refractivity contribution in [1.82, 2.24) is 10.6 Å². The highest BCUT2D eigenvalue weighted by atomic mass is 19.1. The SMILES string of the molecule is O=C(O)N[C@H]1CC[C@H](NCCF)CC1. The number of amides is 1. The van der Waals surface area contributed by atoms with Crippen LogP contribution >= 0.6 is 0 Å². The molecule has 0 unspecified atom stereocenters. The molecule has 0 aromatic rings. The summed E-state index contributed by atoms with van der Waals surface area (Å²) in [6, 6.07) is 0.438. The van der Waals surface area contributed by atoms with Crippen molar-refractivity contribution in [3.63, 3.8) is 0 Å². The van der Waals surface area contributed by atoms with Gasteiger partial charge in [-0.3, -0.25) is 0 Å². The zero-order chi connectivity index (χ0) is 10.4.